The molecule has 0 atom stereocenters. The van der Waals surface area contributed by atoms with Crippen LogP contribution < -0.4 is 23.6 Å². The highest BCUT2D eigenvalue weighted by atomic mass is 127. The number of aliphatic hydroxyl groups is 1. The Morgan fingerprint density at radius 3 is 1.12 bits per heavy atom. The molecule has 8 aromatic carbocycles. The molecule has 5 aliphatic rings. The van der Waals surface area contributed by atoms with E-state index >= 15 is 13.2 Å². The van der Waals surface area contributed by atoms with Crippen LogP contribution in [0.1, 0.15) is 143 Å². The third kappa shape index (κ3) is 22.7. The maximum atomic E-state index is 15.2. The zero-order chi connectivity index (χ0) is 97.3. The Labute approximate surface area is 854 Å². The third-order valence-corrected chi connectivity index (χ3v) is 37.7. The van der Waals surface area contributed by atoms with Gasteiger partial charge in [-0.05, 0) is 243 Å². The number of nitrogens with zero attached hydrogens (tertiary/aromatic N) is 7. The minimum absolute atomic E-state index is 0.00258. The standard InChI is InChI=1S/C19H18BrCl2N3O3S.C18H15BrClFN2O3S.2C18H15F2IN2O3S.C17H14BrCl2N3O2S/c20-13-2-1-12(15(21)10-13)9-14-16(11-25-7-6-23-18(25)17(14)22)24-29(27,28)19(3-4-19)5-8-26;1-9-13-8-16(23-27(24,25)12-4-5-12)14(17(21)18(13)26-22-9)6-10-2-3-11(19)7-15(10)20;2*1-9-13-8-16(23-27(24,25)12-4-5-12)14(17(20)18(13)22-26-9)6-10-2-3-11(21)7-15(10)19;18-11-2-1-10(14(19)8-11)7-13-15(22-26(24,25)12-3-4-12)9-23-6-5-21-17(23)16(13)20/h1-2,6-7,10-11,24,26H,3-5,8-9H2;3*2-3,7-8,12,23H,4-6H2,1H3;1-2,5-6,8-9,12,22H,3-4,7H2. The lowest BCUT2D eigenvalue weighted by Crippen LogP contribution is -2.31. The van der Waals surface area contributed by atoms with Crippen molar-refractivity contribution in [1.29, 1.82) is 0 Å². The fourth-order valence-electron chi connectivity index (χ4n) is 15.0. The van der Waals surface area contributed by atoms with Gasteiger partial charge in [0, 0.05) is 155 Å². The first kappa shape index (κ1) is 101. The molecule has 0 aliphatic heterocycles. The summed E-state index contributed by atoms with van der Waals surface area (Å²) in [5, 5.41) is 22.4. The van der Waals surface area contributed by atoms with Crippen molar-refractivity contribution >= 4 is 274 Å². The number of pyridine rings is 2. The smallest absolute Gasteiger partial charge is 0.238 e. The SMILES string of the molecule is Cc1noc2c(F)c(Cc3ccc(Br)cc3Cl)c(NS(=O)(=O)C3CC3)cc12.Cc1onc2c(F)c(Cc3ccc(I)cc3F)c(NS(=O)(=O)C3CC3)cc12.Cc1onc2c(F)c(Cc3ccc(I)cc3F)c(NS(=O)(=O)C3CC3)cc12.O=S(=O)(Nc1cn2ccnc2c(Cl)c1Cc1ccc(Br)cc1Cl)C1(CCO)CC1.O=S(=O)(Nc1cn2ccnc2c(Cl)c1Cc1ccc(Br)cc1Cl)C1CC1. The molecular weight excluding hydrogens is 2400 g/mol. The summed E-state index contributed by atoms with van der Waals surface area (Å²) in [6, 6.07) is 30.2. The zero-order valence-corrected chi connectivity index (χ0v) is 88.2. The molecule has 716 valence electrons. The van der Waals surface area contributed by atoms with Crippen LogP contribution in [0.3, 0.4) is 0 Å². The molecular formula is C90H77Br3Cl5F5I2N12O14S5. The Kier molecular flexibility index (Phi) is 30.3. The number of halogens is 15. The fourth-order valence-corrected chi connectivity index (χ4v) is 26.1. The molecule has 6 N–H and O–H groups in total. The number of hydrogen-bond acceptors (Lipinski definition) is 19. The molecule has 46 heteroatoms. The minimum Gasteiger partial charge on any atom is -0.396 e. The van der Waals surface area contributed by atoms with Gasteiger partial charge in [-0.1, -0.05) is 152 Å². The van der Waals surface area contributed by atoms with E-state index in [9.17, 15) is 56.0 Å². The quantitative estimate of drug-likeness (QED) is 0.0206. The van der Waals surface area contributed by atoms with Gasteiger partial charge in [0.2, 0.25) is 55.7 Å². The number of anilines is 5. The average Bonchev–Trinajstić information content (AvgIpc) is 1.43. The summed E-state index contributed by atoms with van der Waals surface area (Å²) in [7, 11) is -17.9. The topological polar surface area (TPSA) is 364 Å². The second-order valence-corrected chi connectivity index (χ2v) is 50.4. The molecule has 0 bridgehead atoms. The first-order chi connectivity index (χ1) is 64.4. The van der Waals surface area contributed by atoms with Gasteiger partial charge < -0.3 is 27.5 Å². The number of aliphatic hydroxyl groups excluding tert-OH is 1. The van der Waals surface area contributed by atoms with Gasteiger partial charge in [-0.15, -0.1) is 0 Å². The summed E-state index contributed by atoms with van der Waals surface area (Å²) in [6.07, 6.45) is 16.8. The van der Waals surface area contributed by atoms with E-state index in [1.54, 1.807) is 127 Å². The highest BCUT2D eigenvalue weighted by molar-refractivity contribution is 14.1. The van der Waals surface area contributed by atoms with E-state index in [4.69, 9.17) is 71.6 Å². The van der Waals surface area contributed by atoms with Crippen molar-refractivity contribution in [3.8, 4) is 0 Å². The normalized spacial score (nSPS) is 14.9. The lowest BCUT2D eigenvalue weighted by molar-refractivity contribution is 0.283. The molecule has 5 aliphatic carbocycles. The molecule has 5 saturated carbocycles. The van der Waals surface area contributed by atoms with Gasteiger partial charge in [0.15, 0.2) is 28.7 Å². The predicted molar refractivity (Wildman–Crippen MR) is 545 cm³/mol. The molecule has 0 unspecified atom stereocenters. The van der Waals surface area contributed by atoms with Crippen LogP contribution in [0.4, 0.5) is 50.4 Å². The molecule has 0 spiro atoms. The van der Waals surface area contributed by atoms with Crippen molar-refractivity contribution in [3.05, 3.63) is 294 Å². The van der Waals surface area contributed by atoms with Crippen LogP contribution in [0.5, 0.6) is 0 Å². The maximum absolute atomic E-state index is 15.2. The molecule has 7 heterocycles. The number of nitrogens with one attached hydrogen (secondary N) is 5. The largest absolute Gasteiger partial charge is 0.396 e. The van der Waals surface area contributed by atoms with Gasteiger partial charge in [-0.3, -0.25) is 23.6 Å². The molecule has 20 rings (SSSR count). The second kappa shape index (κ2) is 40.7. The summed E-state index contributed by atoms with van der Waals surface area (Å²) in [5.41, 5.74) is 7.17. The molecule has 7 aromatic heterocycles. The first-order valence-electron chi connectivity index (χ1n) is 41.8. The Morgan fingerprint density at radius 2 is 0.772 bits per heavy atom. The lowest BCUT2D eigenvalue weighted by Gasteiger charge is -2.20. The van der Waals surface area contributed by atoms with Gasteiger partial charge in [-0.2, -0.15) is 0 Å². The second-order valence-electron chi connectivity index (χ2n) is 33.3. The zero-order valence-electron chi connectivity index (χ0n) is 71.3. The average molecular weight is 2480 g/mol. The van der Waals surface area contributed by atoms with Gasteiger partial charge in [0.1, 0.15) is 34.2 Å². The van der Waals surface area contributed by atoms with E-state index < -0.39 is 99.7 Å². The van der Waals surface area contributed by atoms with E-state index in [1.807, 2.05) is 69.4 Å². The number of aryl methyl sites for hydroxylation is 3. The number of sulfonamides is 5. The van der Waals surface area contributed by atoms with Gasteiger partial charge in [-0.25, -0.2) is 74.0 Å². The van der Waals surface area contributed by atoms with E-state index in [0.29, 0.717) is 182 Å². The van der Waals surface area contributed by atoms with Gasteiger partial charge in [0.05, 0.1) is 69.9 Å². The van der Waals surface area contributed by atoms with Crippen LogP contribution in [-0.2, 0) is 82.2 Å². The van der Waals surface area contributed by atoms with Gasteiger partial charge in [0.25, 0.3) is 0 Å². The summed E-state index contributed by atoms with van der Waals surface area (Å²) >= 11 is 46.3. The van der Waals surface area contributed by atoms with E-state index in [2.05, 4.69) is 96.8 Å². The van der Waals surface area contributed by atoms with Crippen LogP contribution in [-0.4, -0.2) is 114 Å². The predicted octanol–water partition coefficient (Wildman–Crippen LogP) is 23.8. The van der Waals surface area contributed by atoms with Crippen molar-refractivity contribution in [2.45, 2.75) is 149 Å². The van der Waals surface area contributed by atoms with E-state index in [0.717, 1.165) is 24.5 Å². The van der Waals surface area contributed by atoms with Crippen molar-refractivity contribution in [2.75, 3.05) is 30.2 Å². The highest BCUT2D eigenvalue weighted by Crippen LogP contribution is 2.49. The Balaban J connectivity index is 0.000000123. The Bertz CT molecular complexity index is 7480. The molecule has 26 nitrogen and oxygen atoms in total. The van der Waals surface area contributed by atoms with Crippen molar-refractivity contribution in [3.63, 3.8) is 0 Å². The van der Waals surface area contributed by atoms with Gasteiger partial charge >= 0.3 is 0 Å². The third-order valence-electron chi connectivity index (χ3n) is 23.4. The van der Waals surface area contributed by atoms with Crippen molar-refractivity contribution in [2.24, 2.45) is 0 Å². The number of imidazole rings is 2. The maximum Gasteiger partial charge on any atom is 0.238 e. The van der Waals surface area contributed by atoms with Crippen LogP contribution in [0.15, 0.2) is 173 Å². The van der Waals surface area contributed by atoms with E-state index in [1.165, 1.54) is 24.3 Å². The monoisotopic (exact) mass is 2470 g/mol. The summed E-state index contributed by atoms with van der Waals surface area (Å²) in [4.78, 5) is 8.52. The highest BCUT2D eigenvalue weighted by Gasteiger charge is 2.54. The first-order valence-corrected chi connectivity index (χ1v) is 55.9. The Morgan fingerprint density at radius 1 is 0.434 bits per heavy atom. The van der Waals surface area contributed by atoms with Crippen LogP contribution in [0, 0.1) is 57.0 Å². The number of benzene rings is 8. The van der Waals surface area contributed by atoms with Crippen molar-refractivity contribution < 1.29 is 82.7 Å². The van der Waals surface area contributed by atoms with E-state index in [-0.39, 0.29) is 99.0 Å². The summed E-state index contributed by atoms with van der Waals surface area (Å²) < 4.78 is 234. The fraction of sp³-hybridized carbons (Fsp3) is 0.278. The number of fused-ring (bicyclic) bond motifs is 5. The van der Waals surface area contributed by atoms with Crippen molar-refractivity contribution in [1.82, 2.24) is 34.2 Å². The van der Waals surface area contributed by atoms with Crippen LogP contribution in [0.25, 0.3) is 44.1 Å². The Hall–Kier alpha value is -7.74. The molecule has 15 aromatic rings. The minimum atomic E-state index is -3.71. The number of hydrogen-bond donors (Lipinski definition) is 6. The molecule has 5 fully saturated rings. The number of rotatable bonds is 27. The summed E-state index contributed by atoms with van der Waals surface area (Å²) in [5.74, 6) is -2.26. The summed E-state index contributed by atoms with van der Waals surface area (Å²) in [6.45, 7) is 4.73. The molecule has 0 amide bonds. The van der Waals surface area contributed by atoms with Crippen LogP contribution in [0.2, 0.25) is 25.1 Å². The lowest BCUT2D eigenvalue weighted by atomic mass is 10.00. The number of aromatic nitrogens is 7. The molecule has 0 saturated heterocycles. The van der Waals surface area contributed by atoms with Crippen LogP contribution >= 0.6 is 151 Å². The molecule has 0 radical (unpaired) electrons. The molecule has 136 heavy (non-hydrogen) atoms.